The number of hydrogen-bond donors (Lipinski definition) is 0. The van der Waals surface area contributed by atoms with Crippen LogP contribution >= 0.6 is 11.8 Å². The van der Waals surface area contributed by atoms with Crippen LogP contribution in [0.1, 0.15) is 5.56 Å². The molecule has 1 saturated heterocycles. The Morgan fingerprint density at radius 1 is 1.17 bits per heavy atom. The predicted octanol–water partition coefficient (Wildman–Crippen LogP) is 3.30. The maximum Gasteiger partial charge on any atom is 0.422 e. The first-order valence-corrected chi connectivity index (χ1v) is 9.98. The van der Waals surface area contributed by atoms with E-state index >= 15 is 0 Å². The zero-order valence-electron chi connectivity index (χ0n) is 15.9. The van der Waals surface area contributed by atoms with E-state index in [2.05, 4.69) is 15.0 Å². The fraction of sp³-hybridized carbons (Fsp3) is 0.500. The lowest BCUT2D eigenvalue weighted by Gasteiger charge is -2.22. The van der Waals surface area contributed by atoms with Gasteiger partial charge in [-0.05, 0) is 18.7 Å². The molecule has 1 unspecified atom stereocenters. The van der Waals surface area contributed by atoms with E-state index < -0.39 is 12.8 Å². The number of rotatable bonds is 7. The Balaban J connectivity index is 1.76. The van der Waals surface area contributed by atoms with Gasteiger partial charge in [0.25, 0.3) is 0 Å². The van der Waals surface area contributed by atoms with Crippen LogP contribution in [-0.4, -0.2) is 66.5 Å². The maximum absolute atomic E-state index is 12.3. The Morgan fingerprint density at radius 2 is 2.00 bits per heavy atom. The van der Waals surface area contributed by atoms with E-state index in [4.69, 9.17) is 18.9 Å². The highest BCUT2D eigenvalue weighted by Gasteiger charge is 2.28. The zero-order chi connectivity index (χ0) is 20.9. The number of pyridine rings is 1. The van der Waals surface area contributed by atoms with Crippen molar-refractivity contribution in [2.24, 2.45) is 0 Å². The van der Waals surface area contributed by atoms with E-state index in [0.717, 1.165) is 0 Å². The molecule has 3 heterocycles. The molecule has 1 fully saturated rings. The van der Waals surface area contributed by atoms with E-state index in [0.29, 0.717) is 47.7 Å². The van der Waals surface area contributed by atoms with Crippen molar-refractivity contribution in [3.63, 3.8) is 0 Å². The molecule has 3 rings (SSSR count). The Kier molecular flexibility index (Phi) is 7.14. The molecule has 158 valence electrons. The standard InChI is InChI=1S/C18H20F3N3O4S/c1-11-5-15(28-10-18(19,20)21)22-7-13(11)14-6-16(24-17(23-14)29-2)27-9-12-8-25-3-4-26-12/h5-7,12H,3-4,8-10H2,1-2H3. The molecule has 0 radical (unpaired) electrons. The van der Waals surface area contributed by atoms with E-state index in [9.17, 15) is 13.2 Å². The summed E-state index contributed by atoms with van der Waals surface area (Å²) < 4.78 is 58.3. The third-order valence-electron chi connectivity index (χ3n) is 3.91. The molecule has 11 heteroatoms. The van der Waals surface area contributed by atoms with E-state index in [1.807, 2.05) is 6.26 Å². The molecule has 1 atom stereocenters. The van der Waals surface area contributed by atoms with Gasteiger partial charge in [0.15, 0.2) is 11.8 Å². The lowest BCUT2D eigenvalue weighted by Crippen LogP contribution is -2.33. The lowest BCUT2D eigenvalue weighted by atomic mass is 10.1. The zero-order valence-corrected chi connectivity index (χ0v) is 16.7. The number of thioether (sulfide) groups is 1. The maximum atomic E-state index is 12.3. The fourth-order valence-electron chi connectivity index (χ4n) is 2.55. The summed E-state index contributed by atoms with van der Waals surface area (Å²) in [5, 5.41) is 0.495. The van der Waals surface area contributed by atoms with Crippen LogP contribution in [0.3, 0.4) is 0 Å². The molecule has 2 aromatic rings. The average molecular weight is 431 g/mol. The van der Waals surface area contributed by atoms with Gasteiger partial charge < -0.3 is 18.9 Å². The molecule has 0 aliphatic carbocycles. The molecule has 1 aliphatic rings. The molecule has 0 N–H and O–H groups in total. The van der Waals surface area contributed by atoms with E-state index in [1.54, 1.807) is 13.0 Å². The lowest BCUT2D eigenvalue weighted by molar-refractivity contribution is -0.154. The van der Waals surface area contributed by atoms with Gasteiger partial charge in [-0.2, -0.15) is 18.2 Å². The molecule has 29 heavy (non-hydrogen) atoms. The first-order chi connectivity index (χ1) is 13.8. The van der Waals surface area contributed by atoms with Gasteiger partial charge in [-0.15, -0.1) is 0 Å². The van der Waals surface area contributed by atoms with Crippen molar-refractivity contribution in [2.75, 3.05) is 39.3 Å². The smallest absolute Gasteiger partial charge is 0.422 e. The van der Waals surface area contributed by atoms with Gasteiger partial charge in [0, 0.05) is 23.9 Å². The van der Waals surface area contributed by atoms with Crippen LogP contribution in [0.5, 0.6) is 11.8 Å². The minimum Gasteiger partial charge on any atom is -0.475 e. The Labute approximate surface area is 169 Å². The first kappa shape index (κ1) is 21.6. The van der Waals surface area contributed by atoms with Crippen LogP contribution in [0, 0.1) is 6.92 Å². The van der Waals surface area contributed by atoms with Crippen molar-refractivity contribution in [3.05, 3.63) is 23.9 Å². The summed E-state index contributed by atoms with van der Waals surface area (Å²) in [5.74, 6) is 0.263. The third-order valence-corrected chi connectivity index (χ3v) is 4.46. The summed E-state index contributed by atoms with van der Waals surface area (Å²) in [6.07, 6.45) is -1.34. The number of nitrogens with zero attached hydrogens (tertiary/aromatic N) is 3. The van der Waals surface area contributed by atoms with Crippen molar-refractivity contribution in [3.8, 4) is 23.0 Å². The van der Waals surface area contributed by atoms with Crippen molar-refractivity contribution in [1.29, 1.82) is 0 Å². The summed E-state index contributed by atoms with van der Waals surface area (Å²) in [6.45, 7) is 2.17. The van der Waals surface area contributed by atoms with Crippen LogP contribution in [0.15, 0.2) is 23.5 Å². The number of ether oxygens (including phenoxy) is 4. The van der Waals surface area contributed by atoms with Gasteiger partial charge >= 0.3 is 6.18 Å². The molecular formula is C18H20F3N3O4S. The second-order valence-corrected chi connectivity index (χ2v) is 6.97. The topological polar surface area (TPSA) is 75.6 Å². The Morgan fingerprint density at radius 3 is 2.66 bits per heavy atom. The molecule has 7 nitrogen and oxygen atoms in total. The summed E-state index contributed by atoms with van der Waals surface area (Å²) in [4.78, 5) is 12.7. The van der Waals surface area contributed by atoms with E-state index in [1.165, 1.54) is 24.0 Å². The Hall–Kier alpha value is -2.11. The number of aromatic nitrogens is 3. The minimum atomic E-state index is -4.42. The normalized spacial score (nSPS) is 17.2. The summed E-state index contributed by atoms with van der Waals surface area (Å²) in [7, 11) is 0. The van der Waals surface area contributed by atoms with Gasteiger partial charge in [0.05, 0.1) is 25.5 Å². The molecule has 0 aromatic carbocycles. The highest BCUT2D eigenvalue weighted by Crippen LogP contribution is 2.28. The van der Waals surface area contributed by atoms with Gasteiger partial charge in [-0.25, -0.2) is 9.97 Å². The molecule has 0 bridgehead atoms. The van der Waals surface area contributed by atoms with Crippen molar-refractivity contribution in [1.82, 2.24) is 15.0 Å². The second-order valence-electron chi connectivity index (χ2n) is 6.20. The van der Waals surface area contributed by atoms with Gasteiger partial charge in [-0.3, -0.25) is 0 Å². The molecule has 0 spiro atoms. The Bertz CT molecular complexity index is 832. The molecule has 2 aromatic heterocycles. The van der Waals surface area contributed by atoms with Gasteiger partial charge in [0.1, 0.15) is 12.7 Å². The quantitative estimate of drug-likeness (QED) is 0.488. The monoisotopic (exact) mass is 431 g/mol. The van der Waals surface area contributed by atoms with Crippen LogP contribution in [-0.2, 0) is 9.47 Å². The number of hydrogen-bond acceptors (Lipinski definition) is 8. The molecular weight excluding hydrogens is 411 g/mol. The highest BCUT2D eigenvalue weighted by atomic mass is 32.2. The van der Waals surface area contributed by atoms with E-state index in [-0.39, 0.29) is 18.6 Å². The van der Waals surface area contributed by atoms with Crippen LogP contribution < -0.4 is 9.47 Å². The summed E-state index contributed by atoms with van der Waals surface area (Å²) >= 11 is 1.34. The second kappa shape index (κ2) is 9.59. The predicted molar refractivity (Wildman–Crippen MR) is 99.4 cm³/mol. The van der Waals surface area contributed by atoms with Gasteiger partial charge in [-0.1, -0.05) is 11.8 Å². The molecule has 1 aliphatic heterocycles. The van der Waals surface area contributed by atoms with Crippen LogP contribution in [0.2, 0.25) is 0 Å². The highest BCUT2D eigenvalue weighted by molar-refractivity contribution is 7.98. The SMILES string of the molecule is CSc1nc(OCC2COCCO2)cc(-c2cnc(OCC(F)(F)F)cc2C)n1. The van der Waals surface area contributed by atoms with Crippen molar-refractivity contribution >= 4 is 11.8 Å². The minimum absolute atomic E-state index is 0.103. The van der Waals surface area contributed by atoms with Gasteiger partial charge in [0.2, 0.25) is 11.8 Å². The number of alkyl halides is 3. The third kappa shape index (κ3) is 6.44. The van der Waals surface area contributed by atoms with Crippen molar-refractivity contribution < 1.29 is 32.1 Å². The van der Waals surface area contributed by atoms with Crippen LogP contribution in [0.25, 0.3) is 11.3 Å². The van der Waals surface area contributed by atoms with Crippen LogP contribution in [0.4, 0.5) is 13.2 Å². The van der Waals surface area contributed by atoms with Crippen molar-refractivity contribution in [2.45, 2.75) is 24.4 Å². The molecule has 0 saturated carbocycles. The summed E-state index contributed by atoms with van der Waals surface area (Å²) in [6, 6.07) is 3.10. The fourth-order valence-corrected chi connectivity index (χ4v) is 2.92. The summed E-state index contributed by atoms with van der Waals surface area (Å²) in [5.41, 5.74) is 1.86. The largest absolute Gasteiger partial charge is 0.475 e. The number of aryl methyl sites for hydroxylation is 1. The molecule has 0 amide bonds. The first-order valence-electron chi connectivity index (χ1n) is 8.76. The number of halogens is 3. The average Bonchev–Trinajstić information content (AvgIpc) is 2.71.